The van der Waals surface area contributed by atoms with E-state index < -0.39 is 0 Å². The molecular formula is C15H24BrClN2O. The maximum Gasteiger partial charge on any atom is 0.252 e. The normalized spacial score (nSPS) is 13.6. The predicted octanol–water partition coefficient (Wildman–Crippen LogP) is 3.67. The Balaban J connectivity index is 0.00000361. The van der Waals surface area contributed by atoms with Crippen LogP contribution in [-0.2, 0) is 0 Å². The van der Waals surface area contributed by atoms with Crippen LogP contribution in [0.15, 0.2) is 22.7 Å². The molecule has 3 N–H and O–H groups in total. The summed E-state index contributed by atoms with van der Waals surface area (Å²) in [7, 11) is 0. The van der Waals surface area contributed by atoms with E-state index in [1.807, 2.05) is 32.0 Å². The van der Waals surface area contributed by atoms with Crippen LogP contribution in [0.2, 0.25) is 0 Å². The summed E-state index contributed by atoms with van der Waals surface area (Å²) in [6.07, 6.45) is 0.863. The van der Waals surface area contributed by atoms with Crippen LogP contribution in [0.3, 0.4) is 0 Å². The first-order valence-electron chi connectivity index (χ1n) is 6.56. The molecule has 1 atom stereocenters. The average molecular weight is 364 g/mol. The zero-order chi connectivity index (χ0) is 14.6. The molecule has 1 rings (SSSR count). The minimum Gasteiger partial charge on any atom is -0.346 e. The fourth-order valence-electron chi connectivity index (χ4n) is 2.27. The van der Waals surface area contributed by atoms with Gasteiger partial charge in [-0.05, 0) is 43.9 Å². The molecule has 0 aromatic heterocycles. The number of benzene rings is 1. The third-order valence-electron chi connectivity index (χ3n) is 3.17. The molecule has 0 fully saturated rings. The van der Waals surface area contributed by atoms with Crippen LogP contribution >= 0.6 is 28.3 Å². The molecule has 20 heavy (non-hydrogen) atoms. The van der Waals surface area contributed by atoms with Gasteiger partial charge < -0.3 is 11.1 Å². The zero-order valence-corrected chi connectivity index (χ0v) is 14.9. The smallest absolute Gasteiger partial charge is 0.252 e. The molecule has 3 nitrogen and oxygen atoms in total. The number of nitrogens with one attached hydrogen (secondary N) is 1. The molecule has 0 aliphatic rings. The van der Waals surface area contributed by atoms with Crippen molar-refractivity contribution in [2.75, 3.05) is 6.54 Å². The molecule has 0 aliphatic heterocycles. The highest BCUT2D eigenvalue weighted by molar-refractivity contribution is 9.10. The van der Waals surface area contributed by atoms with Crippen LogP contribution in [0.1, 0.15) is 43.1 Å². The number of nitrogens with two attached hydrogens (primary N) is 1. The fraction of sp³-hybridized carbons (Fsp3) is 0.533. The molecule has 0 heterocycles. The van der Waals surface area contributed by atoms with E-state index in [1.165, 1.54) is 0 Å². The van der Waals surface area contributed by atoms with Gasteiger partial charge in [0.15, 0.2) is 0 Å². The first kappa shape index (κ1) is 19.4. The number of aryl methyl sites for hydroxylation is 1. The van der Waals surface area contributed by atoms with Crippen molar-refractivity contribution in [2.24, 2.45) is 11.7 Å². The minimum absolute atomic E-state index is 0. The van der Waals surface area contributed by atoms with E-state index in [0.29, 0.717) is 18.0 Å². The number of amides is 1. The number of hydrogen-bond donors (Lipinski definition) is 2. The van der Waals surface area contributed by atoms with Crippen LogP contribution < -0.4 is 11.1 Å². The van der Waals surface area contributed by atoms with Gasteiger partial charge in [0.2, 0.25) is 0 Å². The maximum absolute atomic E-state index is 12.4. The summed E-state index contributed by atoms with van der Waals surface area (Å²) in [5.41, 5.74) is 7.12. The summed E-state index contributed by atoms with van der Waals surface area (Å²) in [4.78, 5) is 12.4. The average Bonchev–Trinajstić information content (AvgIpc) is 2.31. The molecule has 1 amide bonds. The molecule has 5 heteroatoms. The highest BCUT2D eigenvalue weighted by Gasteiger charge is 2.26. The van der Waals surface area contributed by atoms with E-state index >= 15 is 0 Å². The van der Waals surface area contributed by atoms with Crippen molar-refractivity contribution in [3.8, 4) is 0 Å². The zero-order valence-electron chi connectivity index (χ0n) is 12.5. The van der Waals surface area contributed by atoms with Crippen LogP contribution in [0.4, 0.5) is 0 Å². The summed E-state index contributed by atoms with van der Waals surface area (Å²) in [5, 5.41) is 3.07. The van der Waals surface area contributed by atoms with Gasteiger partial charge >= 0.3 is 0 Å². The first-order chi connectivity index (χ1) is 8.77. The maximum atomic E-state index is 12.4. The molecule has 1 aromatic rings. The monoisotopic (exact) mass is 362 g/mol. The summed E-state index contributed by atoms with van der Waals surface area (Å²) in [5.74, 6) is 0.421. The van der Waals surface area contributed by atoms with Gasteiger partial charge in [-0.3, -0.25) is 4.79 Å². The highest BCUT2D eigenvalue weighted by atomic mass is 79.9. The van der Waals surface area contributed by atoms with E-state index in [2.05, 4.69) is 35.1 Å². The molecule has 0 saturated heterocycles. The second-order valence-corrected chi connectivity index (χ2v) is 6.69. The molecule has 0 radical (unpaired) electrons. The van der Waals surface area contributed by atoms with Gasteiger partial charge in [-0.1, -0.05) is 35.8 Å². The Labute approximate surface area is 136 Å². The molecule has 0 spiro atoms. The molecule has 0 saturated carbocycles. The topological polar surface area (TPSA) is 55.1 Å². The minimum atomic E-state index is -0.361. The van der Waals surface area contributed by atoms with Gasteiger partial charge in [0.1, 0.15) is 0 Å². The first-order valence-corrected chi connectivity index (χ1v) is 7.35. The molecule has 0 bridgehead atoms. The highest BCUT2D eigenvalue weighted by Crippen LogP contribution is 2.19. The van der Waals surface area contributed by atoms with E-state index in [-0.39, 0.29) is 23.9 Å². The van der Waals surface area contributed by atoms with Gasteiger partial charge in [0.05, 0.1) is 0 Å². The van der Waals surface area contributed by atoms with Crippen molar-refractivity contribution in [3.05, 3.63) is 33.8 Å². The molecule has 0 aliphatic carbocycles. The molecule has 1 aromatic carbocycles. The fourth-order valence-corrected chi connectivity index (χ4v) is 2.63. The van der Waals surface area contributed by atoms with Crippen molar-refractivity contribution >= 4 is 34.2 Å². The van der Waals surface area contributed by atoms with Gasteiger partial charge in [0.25, 0.3) is 5.91 Å². The van der Waals surface area contributed by atoms with E-state index in [4.69, 9.17) is 5.73 Å². The molecule has 114 valence electrons. The summed E-state index contributed by atoms with van der Waals surface area (Å²) >= 11 is 3.40. The van der Waals surface area contributed by atoms with E-state index in [1.54, 1.807) is 0 Å². The number of carbonyl (C=O) groups is 1. The lowest BCUT2D eigenvalue weighted by molar-refractivity contribution is 0.0897. The molecule has 1 unspecified atom stereocenters. The lowest BCUT2D eigenvalue weighted by Gasteiger charge is -2.31. The molecular weight excluding hydrogens is 340 g/mol. The summed E-state index contributed by atoms with van der Waals surface area (Å²) < 4.78 is 0.904. The van der Waals surface area contributed by atoms with Crippen molar-refractivity contribution < 1.29 is 4.79 Å². The SMILES string of the molecule is Cc1ccc(Br)cc1C(=O)NC(C)(CN)CC(C)C.Cl. The van der Waals surface area contributed by atoms with Gasteiger partial charge in [0, 0.05) is 22.1 Å². The number of rotatable bonds is 5. The van der Waals surface area contributed by atoms with Crippen molar-refractivity contribution in [3.63, 3.8) is 0 Å². The van der Waals surface area contributed by atoms with Gasteiger partial charge in [-0.2, -0.15) is 0 Å². The second kappa shape index (κ2) is 8.01. The Bertz CT molecular complexity index is 465. The lowest BCUT2D eigenvalue weighted by Crippen LogP contribution is -2.52. The van der Waals surface area contributed by atoms with Crippen molar-refractivity contribution in [2.45, 2.75) is 39.7 Å². The third-order valence-corrected chi connectivity index (χ3v) is 3.66. The van der Waals surface area contributed by atoms with Crippen LogP contribution in [0, 0.1) is 12.8 Å². The Morgan fingerprint density at radius 3 is 2.55 bits per heavy atom. The van der Waals surface area contributed by atoms with E-state index in [0.717, 1.165) is 16.5 Å². The standard InChI is InChI=1S/C15H23BrN2O.ClH/c1-10(2)8-15(4,9-17)18-14(19)13-7-12(16)6-5-11(13)3;/h5-7,10H,8-9,17H2,1-4H3,(H,18,19);1H. The van der Waals surface area contributed by atoms with Crippen LogP contribution in [0.25, 0.3) is 0 Å². The largest absolute Gasteiger partial charge is 0.346 e. The summed E-state index contributed by atoms with van der Waals surface area (Å²) in [6.45, 7) is 8.63. The Morgan fingerprint density at radius 2 is 2.05 bits per heavy atom. The predicted molar refractivity (Wildman–Crippen MR) is 90.5 cm³/mol. The third kappa shape index (κ3) is 5.43. The Hall–Kier alpha value is -0.580. The quantitative estimate of drug-likeness (QED) is 0.838. The van der Waals surface area contributed by atoms with Gasteiger partial charge in [-0.25, -0.2) is 0 Å². The van der Waals surface area contributed by atoms with Crippen molar-refractivity contribution in [1.82, 2.24) is 5.32 Å². The number of halogens is 2. The summed E-state index contributed by atoms with van der Waals surface area (Å²) in [6, 6.07) is 5.71. The van der Waals surface area contributed by atoms with Crippen LogP contribution in [0.5, 0.6) is 0 Å². The second-order valence-electron chi connectivity index (χ2n) is 5.78. The lowest BCUT2D eigenvalue weighted by atomic mass is 9.90. The van der Waals surface area contributed by atoms with Crippen molar-refractivity contribution in [1.29, 1.82) is 0 Å². The Morgan fingerprint density at radius 1 is 1.45 bits per heavy atom. The van der Waals surface area contributed by atoms with E-state index in [9.17, 15) is 4.79 Å². The van der Waals surface area contributed by atoms with Crippen LogP contribution in [-0.4, -0.2) is 18.0 Å². The number of carbonyl (C=O) groups excluding carboxylic acids is 1. The Kier molecular flexibility index (Phi) is 7.78. The number of hydrogen-bond acceptors (Lipinski definition) is 2. The van der Waals surface area contributed by atoms with Gasteiger partial charge in [-0.15, -0.1) is 12.4 Å².